The second-order valence-electron chi connectivity index (χ2n) is 23.9. The van der Waals surface area contributed by atoms with Crippen LogP contribution in [0.25, 0.3) is 27.6 Å². The molecule has 0 radical (unpaired) electrons. The molecule has 0 spiro atoms. The van der Waals surface area contributed by atoms with Crippen molar-refractivity contribution in [2.75, 3.05) is 16.5 Å². The number of pyridine rings is 1. The number of para-hydroxylation sites is 1. The van der Waals surface area contributed by atoms with Gasteiger partial charge in [0.15, 0.2) is 0 Å². The molecule has 1 aliphatic heterocycles. The lowest BCUT2D eigenvalue weighted by atomic mass is 9.74. The number of fused-ring (bicyclic) bond motifs is 4. The number of anilines is 4. The van der Waals surface area contributed by atoms with Crippen LogP contribution in [0.1, 0.15) is 129 Å². The highest BCUT2D eigenvalue weighted by molar-refractivity contribution is 6.09. The molecule has 3 heterocycles. The lowest BCUT2D eigenvalue weighted by Crippen LogP contribution is -2.26. The highest BCUT2D eigenvalue weighted by atomic mass is 16.5. The number of hydrogen-bond acceptors (Lipinski definition) is 4. The first kappa shape index (κ1) is 47.6. The molecular formula is C66H70N4O. The Balaban J connectivity index is 1.15. The fraction of sp³-hybridized carbons (Fsp3) is 0.288. The first-order valence-corrected chi connectivity index (χ1v) is 25.4. The van der Waals surface area contributed by atoms with Gasteiger partial charge in [-0.25, -0.2) is 4.98 Å². The first-order chi connectivity index (χ1) is 33.6. The van der Waals surface area contributed by atoms with Gasteiger partial charge in [-0.15, -0.1) is 0 Å². The van der Waals surface area contributed by atoms with E-state index in [4.69, 9.17) is 9.72 Å². The van der Waals surface area contributed by atoms with Gasteiger partial charge in [0.1, 0.15) is 24.0 Å². The van der Waals surface area contributed by atoms with Gasteiger partial charge in [0, 0.05) is 51.3 Å². The molecule has 0 aliphatic carbocycles. The Kier molecular flexibility index (Phi) is 11.6. The van der Waals surface area contributed by atoms with Crippen LogP contribution in [-0.2, 0) is 27.1 Å². The van der Waals surface area contributed by atoms with Gasteiger partial charge in [-0.3, -0.25) is 4.57 Å². The topological polar surface area (TPSA) is 33.5 Å². The Morgan fingerprint density at radius 1 is 0.394 bits per heavy atom. The number of aromatic nitrogens is 2. The highest BCUT2D eigenvalue weighted by Crippen LogP contribution is 2.51. The summed E-state index contributed by atoms with van der Waals surface area (Å²) in [7, 11) is 0. The minimum absolute atomic E-state index is 0.0274. The van der Waals surface area contributed by atoms with Gasteiger partial charge in [0.05, 0.1) is 22.4 Å². The minimum Gasteiger partial charge on any atom is -0.457 e. The van der Waals surface area contributed by atoms with E-state index in [1.54, 1.807) is 0 Å². The molecule has 0 saturated carbocycles. The van der Waals surface area contributed by atoms with E-state index in [9.17, 15) is 0 Å². The van der Waals surface area contributed by atoms with Crippen LogP contribution in [0.15, 0.2) is 176 Å². The lowest BCUT2D eigenvalue weighted by molar-refractivity contribution is 0.480. The molecule has 9 aromatic rings. The summed E-state index contributed by atoms with van der Waals surface area (Å²) >= 11 is 0. The zero-order chi connectivity index (χ0) is 50.3. The van der Waals surface area contributed by atoms with Crippen molar-refractivity contribution in [2.24, 2.45) is 0 Å². The molecular weight excluding hydrogens is 865 g/mol. The molecule has 10 rings (SSSR count). The number of hydrogen-bond donors (Lipinski definition) is 0. The van der Waals surface area contributed by atoms with Crippen LogP contribution in [0.2, 0.25) is 0 Å². The third-order valence-corrected chi connectivity index (χ3v) is 15.1. The predicted molar refractivity (Wildman–Crippen MR) is 300 cm³/mol. The van der Waals surface area contributed by atoms with Gasteiger partial charge in [0.2, 0.25) is 0 Å². The Labute approximate surface area is 422 Å². The van der Waals surface area contributed by atoms with E-state index in [2.05, 4.69) is 274 Å². The molecule has 5 nitrogen and oxygen atoms in total. The average molecular weight is 935 g/mol. The Morgan fingerprint density at radius 3 is 1.56 bits per heavy atom. The van der Waals surface area contributed by atoms with Crippen LogP contribution >= 0.6 is 0 Å². The van der Waals surface area contributed by atoms with Crippen molar-refractivity contribution in [1.29, 1.82) is 0 Å². The molecule has 0 atom stereocenters. The van der Waals surface area contributed by atoms with Gasteiger partial charge >= 0.3 is 0 Å². The molecule has 0 unspecified atom stereocenters. The summed E-state index contributed by atoms with van der Waals surface area (Å²) in [4.78, 5) is 9.99. The summed E-state index contributed by atoms with van der Waals surface area (Å²) < 4.78 is 9.47. The molecule has 0 amide bonds. The van der Waals surface area contributed by atoms with Crippen LogP contribution < -0.4 is 14.5 Å². The maximum absolute atomic E-state index is 7.19. The fourth-order valence-electron chi connectivity index (χ4n) is 10.7. The van der Waals surface area contributed by atoms with Crippen molar-refractivity contribution in [3.63, 3.8) is 0 Å². The second kappa shape index (κ2) is 17.3. The van der Waals surface area contributed by atoms with Gasteiger partial charge in [-0.2, -0.15) is 0 Å². The minimum atomic E-state index is -0.345. The number of rotatable bonds is 9. The van der Waals surface area contributed by atoms with E-state index >= 15 is 0 Å². The van der Waals surface area contributed by atoms with Crippen molar-refractivity contribution < 1.29 is 4.74 Å². The number of benzene rings is 7. The molecule has 0 fully saturated rings. The Hall–Kier alpha value is -7.11. The van der Waals surface area contributed by atoms with E-state index in [0.29, 0.717) is 6.67 Å². The smallest absolute Gasteiger partial charge is 0.137 e. The molecule has 2 aromatic heterocycles. The molecule has 5 heteroatoms. The van der Waals surface area contributed by atoms with Gasteiger partial charge in [-0.1, -0.05) is 181 Å². The lowest BCUT2D eigenvalue weighted by Gasteiger charge is -2.32. The normalized spacial score (nSPS) is 13.6. The monoisotopic (exact) mass is 935 g/mol. The van der Waals surface area contributed by atoms with Crippen LogP contribution in [0.4, 0.5) is 22.7 Å². The Bertz CT molecular complexity index is 3430. The van der Waals surface area contributed by atoms with Crippen molar-refractivity contribution >= 4 is 44.6 Å². The fourth-order valence-corrected chi connectivity index (χ4v) is 10.7. The first-order valence-electron chi connectivity index (χ1n) is 25.4. The van der Waals surface area contributed by atoms with E-state index in [1.165, 1.54) is 61.4 Å². The number of ether oxygens (including phenoxy) is 1. The summed E-state index contributed by atoms with van der Waals surface area (Å²) in [6, 6.07) is 62.3. The summed E-state index contributed by atoms with van der Waals surface area (Å²) in [6.45, 7) is 30.8. The van der Waals surface area contributed by atoms with E-state index in [-0.39, 0.29) is 27.1 Å². The average Bonchev–Trinajstić information content (AvgIpc) is 3.89. The molecule has 1 aliphatic rings. The third kappa shape index (κ3) is 8.79. The Morgan fingerprint density at radius 2 is 0.944 bits per heavy atom. The van der Waals surface area contributed by atoms with E-state index in [1.807, 2.05) is 6.20 Å². The maximum Gasteiger partial charge on any atom is 0.137 e. The van der Waals surface area contributed by atoms with Crippen molar-refractivity contribution in [3.05, 3.63) is 215 Å². The summed E-state index contributed by atoms with van der Waals surface area (Å²) in [6.07, 6.45) is 1.94. The predicted octanol–water partition coefficient (Wildman–Crippen LogP) is 17.8. The quantitative estimate of drug-likeness (QED) is 0.144. The van der Waals surface area contributed by atoms with Crippen molar-refractivity contribution in [2.45, 2.75) is 117 Å². The van der Waals surface area contributed by atoms with Crippen LogP contribution in [0.3, 0.4) is 0 Å². The van der Waals surface area contributed by atoms with Crippen LogP contribution in [0.5, 0.6) is 11.5 Å². The summed E-state index contributed by atoms with van der Waals surface area (Å²) in [5.41, 5.74) is 15.0. The third-order valence-electron chi connectivity index (χ3n) is 15.1. The van der Waals surface area contributed by atoms with E-state index < -0.39 is 0 Å². The zero-order valence-corrected chi connectivity index (χ0v) is 44.1. The standard InChI is InChI=1S/C66H70N4O/c1-62(2,3)46-33-34-67-61(38-46)70-57-30-21-20-29-53(57)54-32-31-51(40-58(54)70)71-52-37-48(66(12,13)45-25-18-15-19-26-45)36-50(39-52)69-43-68(59-41-55(63(4,5)6)56(42-60(59)69)64(7,8)9)49-28-22-27-47(35-49)65(10,11)44-23-16-14-17-24-44/h14-42H,43H2,1-13H3. The summed E-state index contributed by atoms with van der Waals surface area (Å²) in [5.74, 6) is 2.44. The molecule has 71 heavy (non-hydrogen) atoms. The molecule has 0 saturated heterocycles. The van der Waals surface area contributed by atoms with Crippen molar-refractivity contribution in [1.82, 2.24) is 9.55 Å². The van der Waals surface area contributed by atoms with Gasteiger partial charge in [-0.05, 0) is 122 Å². The van der Waals surface area contributed by atoms with Crippen molar-refractivity contribution in [3.8, 4) is 17.3 Å². The summed E-state index contributed by atoms with van der Waals surface area (Å²) in [5, 5.41) is 2.34. The molecule has 0 bridgehead atoms. The largest absolute Gasteiger partial charge is 0.457 e. The molecule has 7 aromatic carbocycles. The SMILES string of the molecule is CC(C)(C)c1ccnc(-n2c3ccccc3c3ccc(Oc4cc(N5CN(c6cccc(C(C)(C)c7ccccc7)c6)c6cc(C(C)(C)C)c(C(C)(C)C)cc65)cc(C(C)(C)c5ccccc5)c4)cc32)c1. The van der Waals surface area contributed by atoms with Crippen LogP contribution in [0, 0.1) is 0 Å². The molecule has 360 valence electrons. The van der Waals surface area contributed by atoms with E-state index in [0.717, 1.165) is 39.4 Å². The highest BCUT2D eigenvalue weighted by Gasteiger charge is 2.36. The number of nitrogens with zero attached hydrogens (tertiary/aromatic N) is 4. The zero-order valence-electron chi connectivity index (χ0n) is 44.1. The van der Waals surface area contributed by atoms with Gasteiger partial charge < -0.3 is 14.5 Å². The van der Waals surface area contributed by atoms with Crippen LogP contribution in [-0.4, -0.2) is 16.2 Å². The second-order valence-corrected chi connectivity index (χ2v) is 23.9. The van der Waals surface area contributed by atoms with Gasteiger partial charge in [0.25, 0.3) is 0 Å². The maximum atomic E-state index is 7.19. The molecule has 0 N–H and O–H groups in total.